The number of rotatable bonds is 3. The zero-order valence-corrected chi connectivity index (χ0v) is 10.9. The Labute approximate surface area is 111 Å². The van der Waals surface area contributed by atoms with Crippen molar-refractivity contribution in [2.45, 2.75) is 25.4 Å². The van der Waals surface area contributed by atoms with Crippen LogP contribution >= 0.6 is 11.6 Å². The Balaban J connectivity index is 2.24. The summed E-state index contributed by atoms with van der Waals surface area (Å²) in [5.74, 6) is -0.786. The lowest BCUT2D eigenvalue weighted by Crippen LogP contribution is -2.29. The lowest BCUT2D eigenvalue weighted by atomic mass is 9.88. The third kappa shape index (κ3) is 2.55. The molecule has 2 rings (SSSR count). The van der Waals surface area contributed by atoms with Gasteiger partial charge >= 0.3 is 0 Å². The molecule has 0 amide bonds. The molecule has 3 atom stereocenters. The SMILES string of the molecule is CC1CCOC1C(=O)C(C#N)c1cccc(Cl)c1. The van der Waals surface area contributed by atoms with Crippen molar-refractivity contribution in [1.82, 2.24) is 0 Å². The standard InChI is InChI=1S/C14H14ClNO2/c1-9-5-6-18-14(9)13(17)12(8-16)10-3-2-4-11(15)7-10/h2-4,7,9,12,14H,5-6H2,1H3. The fourth-order valence-corrected chi connectivity index (χ4v) is 2.41. The first-order valence-electron chi connectivity index (χ1n) is 5.94. The number of carbonyl (C=O) groups excluding carboxylic acids is 1. The first-order valence-corrected chi connectivity index (χ1v) is 6.31. The van der Waals surface area contributed by atoms with Crippen LogP contribution in [0.5, 0.6) is 0 Å². The number of Topliss-reactive ketones (excluding diaryl/α,β-unsaturated/α-hetero) is 1. The summed E-state index contributed by atoms with van der Waals surface area (Å²) in [4.78, 5) is 12.3. The number of carbonyl (C=O) groups is 1. The largest absolute Gasteiger partial charge is 0.370 e. The van der Waals surface area contributed by atoms with Gasteiger partial charge in [0.2, 0.25) is 0 Å². The van der Waals surface area contributed by atoms with E-state index in [1.54, 1.807) is 24.3 Å². The van der Waals surface area contributed by atoms with Gasteiger partial charge in [0.15, 0.2) is 5.78 Å². The van der Waals surface area contributed by atoms with Gasteiger partial charge in [-0.1, -0.05) is 30.7 Å². The van der Waals surface area contributed by atoms with Crippen molar-refractivity contribution in [2.75, 3.05) is 6.61 Å². The van der Waals surface area contributed by atoms with E-state index in [1.807, 2.05) is 6.92 Å². The van der Waals surface area contributed by atoms with Crippen molar-refractivity contribution in [1.29, 1.82) is 5.26 Å². The third-order valence-electron chi connectivity index (χ3n) is 3.26. The molecule has 0 spiro atoms. The van der Waals surface area contributed by atoms with Gasteiger partial charge in [-0.3, -0.25) is 4.79 Å². The minimum atomic E-state index is -0.797. The summed E-state index contributed by atoms with van der Waals surface area (Å²) in [7, 11) is 0. The van der Waals surface area contributed by atoms with Gasteiger partial charge in [-0.25, -0.2) is 0 Å². The van der Waals surface area contributed by atoms with Crippen LogP contribution in [0.25, 0.3) is 0 Å². The smallest absolute Gasteiger partial charge is 0.183 e. The lowest BCUT2D eigenvalue weighted by Gasteiger charge is -2.17. The van der Waals surface area contributed by atoms with Crippen LogP contribution in [0.3, 0.4) is 0 Å². The zero-order valence-electron chi connectivity index (χ0n) is 10.1. The second kappa shape index (κ2) is 5.51. The maximum atomic E-state index is 12.3. The summed E-state index contributed by atoms with van der Waals surface area (Å²) < 4.78 is 5.43. The molecule has 0 radical (unpaired) electrons. The Morgan fingerprint density at radius 2 is 2.39 bits per heavy atom. The first-order chi connectivity index (χ1) is 8.63. The molecule has 3 unspecified atom stereocenters. The van der Waals surface area contributed by atoms with Gasteiger partial charge in [0.25, 0.3) is 0 Å². The molecule has 1 fully saturated rings. The molecule has 0 N–H and O–H groups in total. The topological polar surface area (TPSA) is 50.1 Å². The molecule has 0 bridgehead atoms. The number of nitrogens with zero attached hydrogens (tertiary/aromatic N) is 1. The molecule has 1 aliphatic heterocycles. The van der Waals surface area contributed by atoms with Crippen LogP contribution in [0.4, 0.5) is 0 Å². The molecule has 1 aliphatic rings. The number of hydrogen-bond donors (Lipinski definition) is 0. The lowest BCUT2D eigenvalue weighted by molar-refractivity contribution is -0.129. The number of hydrogen-bond acceptors (Lipinski definition) is 3. The van der Waals surface area contributed by atoms with E-state index < -0.39 is 12.0 Å². The van der Waals surface area contributed by atoms with Gasteiger partial charge in [-0.15, -0.1) is 0 Å². The maximum absolute atomic E-state index is 12.3. The van der Waals surface area contributed by atoms with Crippen LogP contribution in [0, 0.1) is 17.2 Å². The fourth-order valence-electron chi connectivity index (χ4n) is 2.21. The number of ketones is 1. The van der Waals surface area contributed by atoms with Crippen molar-refractivity contribution in [3.63, 3.8) is 0 Å². The van der Waals surface area contributed by atoms with Crippen LogP contribution in [-0.4, -0.2) is 18.5 Å². The highest BCUT2D eigenvalue weighted by molar-refractivity contribution is 6.30. The summed E-state index contributed by atoms with van der Waals surface area (Å²) in [5, 5.41) is 9.75. The molecular weight excluding hydrogens is 250 g/mol. The molecule has 3 nitrogen and oxygen atoms in total. The highest BCUT2D eigenvalue weighted by Gasteiger charge is 2.36. The van der Waals surface area contributed by atoms with Crippen molar-refractivity contribution in [3.8, 4) is 6.07 Å². The van der Waals surface area contributed by atoms with E-state index >= 15 is 0 Å². The minimum absolute atomic E-state index is 0.162. The van der Waals surface area contributed by atoms with Crippen LogP contribution in [-0.2, 0) is 9.53 Å². The Morgan fingerprint density at radius 3 is 2.94 bits per heavy atom. The van der Waals surface area contributed by atoms with Gasteiger partial charge in [0.1, 0.15) is 12.0 Å². The summed E-state index contributed by atoms with van der Waals surface area (Å²) in [5.41, 5.74) is 0.637. The van der Waals surface area contributed by atoms with E-state index in [9.17, 15) is 10.1 Å². The monoisotopic (exact) mass is 263 g/mol. The average molecular weight is 264 g/mol. The summed E-state index contributed by atoms with van der Waals surface area (Å²) in [6.07, 6.45) is 0.401. The van der Waals surface area contributed by atoms with Gasteiger partial charge in [0, 0.05) is 11.6 Å². The van der Waals surface area contributed by atoms with E-state index in [4.69, 9.17) is 16.3 Å². The molecular formula is C14H14ClNO2. The van der Waals surface area contributed by atoms with E-state index in [0.29, 0.717) is 17.2 Å². The molecule has 1 saturated heterocycles. The first kappa shape index (κ1) is 13.1. The molecule has 1 heterocycles. The molecule has 1 aromatic rings. The van der Waals surface area contributed by atoms with E-state index in [2.05, 4.69) is 6.07 Å². The van der Waals surface area contributed by atoms with Crippen LogP contribution in [0.1, 0.15) is 24.8 Å². The van der Waals surface area contributed by atoms with Crippen LogP contribution < -0.4 is 0 Å². The molecule has 0 saturated carbocycles. The quantitative estimate of drug-likeness (QED) is 0.842. The number of ether oxygens (including phenoxy) is 1. The Kier molecular flexibility index (Phi) is 4.00. The van der Waals surface area contributed by atoms with E-state index in [1.165, 1.54) is 0 Å². The molecule has 94 valence electrons. The van der Waals surface area contributed by atoms with Crippen molar-refractivity contribution in [3.05, 3.63) is 34.9 Å². The minimum Gasteiger partial charge on any atom is -0.370 e. The predicted molar refractivity (Wildman–Crippen MR) is 68.3 cm³/mol. The normalized spacial score (nSPS) is 24.5. The van der Waals surface area contributed by atoms with Gasteiger partial charge < -0.3 is 4.74 Å². The highest BCUT2D eigenvalue weighted by Crippen LogP contribution is 2.28. The molecule has 18 heavy (non-hydrogen) atoms. The van der Waals surface area contributed by atoms with Crippen molar-refractivity contribution < 1.29 is 9.53 Å². The number of nitriles is 1. The second-order valence-electron chi connectivity index (χ2n) is 4.58. The molecule has 0 aliphatic carbocycles. The van der Waals surface area contributed by atoms with Crippen LogP contribution in [0.2, 0.25) is 5.02 Å². The molecule has 4 heteroatoms. The summed E-state index contributed by atoms with van der Waals surface area (Å²) >= 11 is 5.89. The summed E-state index contributed by atoms with van der Waals surface area (Å²) in [6.45, 7) is 2.56. The third-order valence-corrected chi connectivity index (χ3v) is 3.50. The van der Waals surface area contributed by atoms with Gasteiger partial charge in [-0.05, 0) is 30.0 Å². The average Bonchev–Trinajstić information content (AvgIpc) is 2.76. The van der Waals surface area contributed by atoms with Gasteiger partial charge in [0.05, 0.1) is 6.07 Å². The Hall–Kier alpha value is -1.37. The van der Waals surface area contributed by atoms with E-state index in [0.717, 1.165) is 6.42 Å². The van der Waals surface area contributed by atoms with Crippen molar-refractivity contribution >= 4 is 17.4 Å². The van der Waals surface area contributed by atoms with Crippen LogP contribution in [0.15, 0.2) is 24.3 Å². The van der Waals surface area contributed by atoms with Crippen molar-refractivity contribution in [2.24, 2.45) is 5.92 Å². The Bertz CT molecular complexity index is 495. The van der Waals surface area contributed by atoms with E-state index in [-0.39, 0.29) is 11.7 Å². The predicted octanol–water partition coefficient (Wildman–Crippen LogP) is 2.94. The number of benzene rings is 1. The Morgan fingerprint density at radius 1 is 1.61 bits per heavy atom. The summed E-state index contributed by atoms with van der Waals surface area (Å²) in [6, 6.07) is 8.93. The number of halogens is 1. The highest BCUT2D eigenvalue weighted by atomic mass is 35.5. The maximum Gasteiger partial charge on any atom is 0.183 e. The zero-order chi connectivity index (χ0) is 13.1. The second-order valence-corrected chi connectivity index (χ2v) is 5.01. The fraction of sp³-hybridized carbons (Fsp3) is 0.429. The molecule has 0 aromatic heterocycles. The molecule has 1 aromatic carbocycles. The van der Waals surface area contributed by atoms with Gasteiger partial charge in [-0.2, -0.15) is 5.26 Å².